The largest absolute Gasteiger partial charge is 0.349 e. The minimum absolute atomic E-state index is 0.0165. The van der Waals surface area contributed by atoms with Crippen molar-refractivity contribution in [3.05, 3.63) is 30.1 Å². The molecule has 94 valence electrons. The molecule has 2 atom stereocenters. The van der Waals surface area contributed by atoms with Crippen LogP contribution in [0.3, 0.4) is 0 Å². The molecule has 0 spiro atoms. The summed E-state index contributed by atoms with van der Waals surface area (Å²) >= 11 is 0. The number of nitrogens with two attached hydrogens (primary N) is 1. The molecule has 0 saturated heterocycles. The zero-order chi connectivity index (χ0) is 12.7. The maximum atomic E-state index is 11.9. The monoisotopic (exact) mass is 235 g/mol. The first-order valence-electron chi connectivity index (χ1n) is 6.05. The Hall–Kier alpha value is -1.42. The van der Waals surface area contributed by atoms with Gasteiger partial charge in [0, 0.05) is 18.3 Å². The van der Waals surface area contributed by atoms with Gasteiger partial charge in [-0.3, -0.25) is 9.78 Å². The van der Waals surface area contributed by atoms with Crippen molar-refractivity contribution >= 4 is 5.91 Å². The zero-order valence-electron chi connectivity index (χ0n) is 10.5. The maximum absolute atomic E-state index is 11.9. The smallest absolute Gasteiger partial charge is 0.223 e. The van der Waals surface area contributed by atoms with Crippen LogP contribution in [0.5, 0.6) is 0 Å². The van der Waals surface area contributed by atoms with Crippen LogP contribution in [0.4, 0.5) is 0 Å². The lowest BCUT2D eigenvalue weighted by Gasteiger charge is -2.17. The normalized spacial score (nSPS) is 14.1. The fraction of sp³-hybridized carbons (Fsp3) is 0.538. The Kier molecular flexibility index (Phi) is 5.63. The summed E-state index contributed by atoms with van der Waals surface area (Å²) in [7, 11) is 0. The molecule has 3 N–H and O–H groups in total. The van der Waals surface area contributed by atoms with E-state index in [2.05, 4.69) is 10.3 Å². The number of hydrogen-bond donors (Lipinski definition) is 2. The van der Waals surface area contributed by atoms with Gasteiger partial charge in [-0.1, -0.05) is 6.92 Å². The van der Waals surface area contributed by atoms with Gasteiger partial charge in [-0.05, 0) is 44.0 Å². The van der Waals surface area contributed by atoms with E-state index >= 15 is 0 Å². The van der Waals surface area contributed by atoms with Crippen LogP contribution in [0, 0.1) is 5.92 Å². The van der Waals surface area contributed by atoms with Crippen molar-refractivity contribution in [3.63, 3.8) is 0 Å². The van der Waals surface area contributed by atoms with E-state index in [0.717, 1.165) is 18.4 Å². The number of hydrogen-bond acceptors (Lipinski definition) is 3. The van der Waals surface area contributed by atoms with Crippen LogP contribution < -0.4 is 11.1 Å². The summed E-state index contributed by atoms with van der Waals surface area (Å²) < 4.78 is 0. The molecule has 1 heterocycles. The van der Waals surface area contributed by atoms with E-state index in [-0.39, 0.29) is 17.9 Å². The number of amides is 1. The van der Waals surface area contributed by atoms with Crippen molar-refractivity contribution < 1.29 is 4.79 Å². The fourth-order valence-corrected chi connectivity index (χ4v) is 1.65. The maximum Gasteiger partial charge on any atom is 0.223 e. The summed E-state index contributed by atoms with van der Waals surface area (Å²) in [5.41, 5.74) is 6.50. The van der Waals surface area contributed by atoms with Gasteiger partial charge in [0.15, 0.2) is 0 Å². The van der Waals surface area contributed by atoms with Gasteiger partial charge in [0.2, 0.25) is 5.91 Å². The van der Waals surface area contributed by atoms with Crippen LogP contribution in [-0.4, -0.2) is 17.4 Å². The molecular formula is C13H21N3O. The lowest BCUT2D eigenvalue weighted by atomic mass is 10.0. The zero-order valence-corrected chi connectivity index (χ0v) is 10.5. The first-order chi connectivity index (χ1) is 8.15. The highest BCUT2D eigenvalue weighted by Crippen LogP contribution is 2.12. The van der Waals surface area contributed by atoms with Gasteiger partial charge >= 0.3 is 0 Å². The molecule has 0 fully saturated rings. The molecule has 1 aromatic rings. The molecule has 1 amide bonds. The van der Waals surface area contributed by atoms with Crippen LogP contribution in [0.1, 0.15) is 38.3 Å². The summed E-state index contributed by atoms with van der Waals surface area (Å²) in [4.78, 5) is 15.8. The van der Waals surface area contributed by atoms with Crippen LogP contribution >= 0.6 is 0 Å². The lowest BCUT2D eigenvalue weighted by molar-refractivity contribution is -0.125. The Bertz CT molecular complexity index is 340. The highest BCUT2D eigenvalue weighted by molar-refractivity contribution is 5.78. The summed E-state index contributed by atoms with van der Waals surface area (Å²) in [5.74, 6) is 0.102. The van der Waals surface area contributed by atoms with E-state index < -0.39 is 0 Å². The highest BCUT2D eigenvalue weighted by atomic mass is 16.1. The third-order valence-corrected chi connectivity index (χ3v) is 2.85. The first-order valence-corrected chi connectivity index (χ1v) is 6.05. The van der Waals surface area contributed by atoms with Gasteiger partial charge in [-0.15, -0.1) is 0 Å². The molecule has 4 nitrogen and oxygen atoms in total. The van der Waals surface area contributed by atoms with E-state index in [1.165, 1.54) is 0 Å². The number of carbonyl (C=O) groups is 1. The Balaban J connectivity index is 2.46. The summed E-state index contributed by atoms with van der Waals surface area (Å²) in [6, 6.07) is 3.84. The average Bonchev–Trinajstić information content (AvgIpc) is 2.36. The van der Waals surface area contributed by atoms with Crippen molar-refractivity contribution in [3.8, 4) is 0 Å². The van der Waals surface area contributed by atoms with Gasteiger partial charge < -0.3 is 11.1 Å². The molecule has 1 unspecified atom stereocenters. The summed E-state index contributed by atoms with van der Waals surface area (Å²) in [5, 5.41) is 3.00. The third kappa shape index (κ3) is 4.53. The first kappa shape index (κ1) is 13.6. The van der Waals surface area contributed by atoms with Crippen molar-refractivity contribution in [1.29, 1.82) is 0 Å². The predicted octanol–water partition coefficient (Wildman–Crippen LogP) is 1.63. The van der Waals surface area contributed by atoms with E-state index in [9.17, 15) is 4.79 Å². The number of rotatable bonds is 6. The molecular weight excluding hydrogens is 214 g/mol. The second kappa shape index (κ2) is 7.01. The van der Waals surface area contributed by atoms with Crippen LogP contribution in [0.25, 0.3) is 0 Å². The number of carbonyl (C=O) groups excluding carboxylic acids is 1. The number of aromatic nitrogens is 1. The molecule has 4 heteroatoms. The van der Waals surface area contributed by atoms with Crippen molar-refractivity contribution in [2.75, 3.05) is 6.54 Å². The van der Waals surface area contributed by atoms with Crippen LogP contribution in [0.2, 0.25) is 0 Å². The van der Waals surface area contributed by atoms with Gasteiger partial charge in [0.25, 0.3) is 0 Å². The van der Waals surface area contributed by atoms with Gasteiger partial charge in [0.1, 0.15) is 0 Å². The summed E-state index contributed by atoms with van der Waals surface area (Å²) in [6.45, 7) is 4.55. The van der Waals surface area contributed by atoms with Crippen molar-refractivity contribution in [2.45, 2.75) is 32.7 Å². The van der Waals surface area contributed by atoms with Gasteiger partial charge in [-0.25, -0.2) is 0 Å². The Morgan fingerprint density at radius 3 is 2.65 bits per heavy atom. The number of pyridine rings is 1. The molecule has 0 radical (unpaired) electrons. The lowest BCUT2D eigenvalue weighted by Crippen LogP contribution is -2.31. The Morgan fingerprint density at radius 2 is 2.06 bits per heavy atom. The molecule has 0 aromatic carbocycles. The third-order valence-electron chi connectivity index (χ3n) is 2.85. The van der Waals surface area contributed by atoms with Crippen LogP contribution in [0.15, 0.2) is 24.5 Å². The molecule has 0 aliphatic heterocycles. The Morgan fingerprint density at radius 1 is 1.41 bits per heavy atom. The van der Waals surface area contributed by atoms with E-state index in [4.69, 9.17) is 5.73 Å². The van der Waals surface area contributed by atoms with E-state index in [1.54, 1.807) is 12.4 Å². The molecule has 0 bridgehead atoms. The second-order valence-corrected chi connectivity index (χ2v) is 4.34. The molecule has 0 aliphatic carbocycles. The molecule has 0 saturated carbocycles. The quantitative estimate of drug-likeness (QED) is 0.787. The van der Waals surface area contributed by atoms with Gasteiger partial charge in [0.05, 0.1) is 6.04 Å². The number of nitrogens with one attached hydrogen (secondary N) is 1. The highest BCUT2D eigenvalue weighted by Gasteiger charge is 2.15. The van der Waals surface area contributed by atoms with E-state index in [1.807, 2.05) is 26.0 Å². The second-order valence-electron chi connectivity index (χ2n) is 4.34. The molecule has 17 heavy (non-hydrogen) atoms. The van der Waals surface area contributed by atoms with Crippen molar-refractivity contribution in [2.24, 2.45) is 11.7 Å². The average molecular weight is 235 g/mol. The predicted molar refractivity (Wildman–Crippen MR) is 68.2 cm³/mol. The number of nitrogens with zero attached hydrogens (tertiary/aromatic N) is 1. The topological polar surface area (TPSA) is 68.0 Å². The molecule has 0 aliphatic rings. The standard InChI is InChI=1S/C13H21N3O/c1-10(4-3-7-14)13(17)16-11(2)12-5-8-15-9-6-12/h5-6,8-11H,3-4,7,14H2,1-2H3,(H,16,17)/t10?,11-/m0/s1. The Labute approximate surface area is 103 Å². The fourth-order valence-electron chi connectivity index (χ4n) is 1.65. The molecule has 1 aromatic heterocycles. The minimum atomic E-state index is 0.0165. The molecule has 1 rings (SSSR count). The SMILES string of the molecule is CC(CCCN)C(=O)N[C@@H](C)c1ccncc1. The van der Waals surface area contributed by atoms with Crippen LogP contribution in [-0.2, 0) is 4.79 Å². The minimum Gasteiger partial charge on any atom is -0.349 e. The summed E-state index contributed by atoms with van der Waals surface area (Å²) in [6.07, 6.45) is 5.19. The van der Waals surface area contributed by atoms with Gasteiger partial charge in [-0.2, -0.15) is 0 Å². The van der Waals surface area contributed by atoms with Crippen molar-refractivity contribution in [1.82, 2.24) is 10.3 Å². The van der Waals surface area contributed by atoms with E-state index in [0.29, 0.717) is 6.54 Å².